The van der Waals surface area contributed by atoms with Gasteiger partial charge in [0.1, 0.15) is 0 Å². The summed E-state index contributed by atoms with van der Waals surface area (Å²) in [7, 11) is 3.22. The van der Waals surface area contributed by atoms with E-state index >= 15 is 0 Å². The minimum Gasteiger partial charge on any atom is -0.307 e. The highest BCUT2D eigenvalue weighted by Crippen LogP contribution is 2.29. The van der Waals surface area contributed by atoms with Gasteiger partial charge in [0.2, 0.25) is 0 Å². The third-order valence-electron chi connectivity index (χ3n) is 4.48. The van der Waals surface area contributed by atoms with Gasteiger partial charge in [0.15, 0.2) is 0 Å². The molecular formula is C14H22N4O2. The molecule has 3 rings (SSSR count). The van der Waals surface area contributed by atoms with E-state index in [1.165, 1.54) is 19.9 Å². The van der Waals surface area contributed by atoms with Gasteiger partial charge in [-0.2, -0.15) is 0 Å². The zero-order valence-electron chi connectivity index (χ0n) is 12.1. The van der Waals surface area contributed by atoms with Crippen molar-refractivity contribution in [1.82, 2.24) is 19.4 Å². The third kappa shape index (κ3) is 2.58. The minimum absolute atomic E-state index is 0.240. The van der Waals surface area contributed by atoms with Crippen LogP contribution in [-0.4, -0.2) is 39.2 Å². The van der Waals surface area contributed by atoms with Crippen LogP contribution in [0.1, 0.15) is 25.0 Å². The Balaban J connectivity index is 1.64. The normalized spacial score (nSPS) is 23.4. The molecule has 1 N–H and O–H groups in total. The van der Waals surface area contributed by atoms with E-state index in [2.05, 4.69) is 10.2 Å². The topological polar surface area (TPSA) is 59.3 Å². The first-order valence-electron chi connectivity index (χ1n) is 7.29. The lowest BCUT2D eigenvalue weighted by Crippen LogP contribution is -2.40. The van der Waals surface area contributed by atoms with Gasteiger partial charge in [-0.1, -0.05) is 0 Å². The van der Waals surface area contributed by atoms with Gasteiger partial charge in [0.05, 0.1) is 0 Å². The minimum atomic E-state index is -0.264. The van der Waals surface area contributed by atoms with Gasteiger partial charge in [-0.05, 0) is 19.3 Å². The Morgan fingerprint density at radius 3 is 2.65 bits per heavy atom. The Morgan fingerprint density at radius 1 is 1.20 bits per heavy atom. The lowest BCUT2D eigenvalue weighted by atomic mass is 10.2. The van der Waals surface area contributed by atoms with Gasteiger partial charge in [-0.15, -0.1) is 0 Å². The molecule has 0 amide bonds. The summed E-state index contributed by atoms with van der Waals surface area (Å²) >= 11 is 0. The SMILES string of the molecule is Cn1c(CNC2CCN(C3CC3)C2)cc(=O)n(C)c1=O. The van der Waals surface area contributed by atoms with Gasteiger partial charge in [-0.25, -0.2) is 4.79 Å². The van der Waals surface area contributed by atoms with Gasteiger partial charge in [0, 0.05) is 57.6 Å². The van der Waals surface area contributed by atoms with Crippen molar-refractivity contribution in [3.8, 4) is 0 Å². The van der Waals surface area contributed by atoms with Crippen molar-refractivity contribution in [2.75, 3.05) is 13.1 Å². The monoisotopic (exact) mass is 278 g/mol. The molecule has 0 radical (unpaired) electrons. The summed E-state index contributed by atoms with van der Waals surface area (Å²) in [5.74, 6) is 0. The van der Waals surface area contributed by atoms with Crippen LogP contribution in [0.3, 0.4) is 0 Å². The van der Waals surface area contributed by atoms with Crippen LogP contribution in [0.2, 0.25) is 0 Å². The Hall–Kier alpha value is -1.40. The molecule has 1 atom stereocenters. The second kappa shape index (κ2) is 5.18. The van der Waals surface area contributed by atoms with Crippen LogP contribution < -0.4 is 16.6 Å². The van der Waals surface area contributed by atoms with E-state index in [0.717, 1.165) is 35.8 Å². The zero-order chi connectivity index (χ0) is 14.3. The van der Waals surface area contributed by atoms with Crippen molar-refractivity contribution in [3.05, 3.63) is 32.6 Å². The second-order valence-corrected chi connectivity index (χ2v) is 5.97. The predicted octanol–water partition coefficient (Wildman–Crippen LogP) is -0.590. The maximum atomic E-state index is 11.8. The third-order valence-corrected chi connectivity index (χ3v) is 4.48. The average molecular weight is 278 g/mol. The van der Waals surface area contributed by atoms with Crippen LogP contribution in [0.25, 0.3) is 0 Å². The van der Waals surface area contributed by atoms with Crippen LogP contribution in [0, 0.1) is 0 Å². The summed E-state index contributed by atoms with van der Waals surface area (Å²) in [6, 6.07) is 2.83. The van der Waals surface area contributed by atoms with Crippen molar-refractivity contribution in [1.29, 1.82) is 0 Å². The number of nitrogens with one attached hydrogen (secondary N) is 1. The van der Waals surface area contributed by atoms with Crippen LogP contribution >= 0.6 is 0 Å². The molecular weight excluding hydrogens is 256 g/mol. The van der Waals surface area contributed by atoms with Crippen molar-refractivity contribution in [3.63, 3.8) is 0 Å². The van der Waals surface area contributed by atoms with E-state index in [1.807, 2.05) is 0 Å². The lowest BCUT2D eigenvalue weighted by Gasteiger charge is -2.16. The maximum Gasteiger partial charge on any atom is 0.330 e. The summed E-state index contributed by atoms with van der Waals surface area (Å²) in [6.45, 7) is 2.83. The number of aromatic nitrogens is 2. The maximum absolute atomic E-state index is 11.8. The van der Waals surface area contributed by atoms with Crippen molar-refractivity contribution in [2.24, 2.45) is 14.1 Å². The summed E-state index contributed by atoms with van der Waals surface area (Å²) in [5.41, 5.74) is 0.249. The summed E-state index contributed by atoms with van der Waals surface area (Å²) < 4.78 is 2.68. The van der Waals surface area contributed by atoms with Gasteiger partial charge >= 0.3 is 5.69 Å². The molecule has 2 aliphatic rings. The molecule has 6 nitrogen and oxygen atoms in total. The second-order valence-electron chi connectivity index (χ2n) is 5.97. The highest BCUT2D eigenvalue weighted by molar-refractivity contribution is 5.03. The first-order chi connectivity index (χ1) is 9.56. The molecule has 1 saturated heterocycles. The van der Waals surface area contributed by atoms with Crippen LogP contribution in [-0.2, 0) is 20.6 Å². The Morgan fingerprint density at radius 2 is 1.95 bits per heavy atom. The highest BCUT2D eigenvalue weighted by Gasteiger charge is 2.34. The zero-order valence-corrected chi connectivity index (χ0v) is 12.1. The largest absolute Gasteiger partial charge is 0.330 e. The highest BCUT2D eigenvalue weighted by atomic mass is 16.2. The van der Waals surface area contributed by atoms with E-state index in [4.69, 9.17) is 0 Å². The van der Waals surface area contributed by atoms with E-state index in [9.17, 15) is 9.59 Å². The molecule has 6 heteroatoms. The first kappa shape index (κ1) is 13.6. The Kier molecular flexibility index (Phi) is 3.52. The molecule has 0 aromatic carbocycles. The van der Waals surface area contributed by atoms with Crippen LogP contribution in [0.15, 0.2) is 15.7 Å². The van der Waals surface area contributed by atoms with Crippen LogP contribution in [0.5, 0.6) is 0 Å². The molecule has 2 fully saturated rings. The molecule has 1 saturated carbocycles. The smallest absolute Gasteiger partial charge is 0.307 e. The molecule has 2 heterocycles. The number of likely N-dealkylation sites (tertiary alicyclic amines) is 1. The standard InChI is InChI=1S/C14H22N4O2/c1-16-12(7-13(19)17(2)14(16)20)8-15-10-5-6-18(9-10)11-3-4-11/h7,10-11,15H,3-6,8-9H2,1-2H3. The van der Waals surface area contributed by atoms with Crippen molar-refractivity contribution in [2.45, 2.75) is 37.9 Å². The molecule has 1 aliphatic carbocycles. The number of rotatable bonds is 4. The quantitative estimate of drug-likeness (QED) is 0.800. The fraction of sp³-hybridized carbons (Fsp3) is 0.714. The van der Waals surface area contributed by atoms with E-state index < -0.39 is 0 Å². The van der Waals surface area contributed by atoms with Crippen molar-refractivity contribution < 1.29 is 0 Å². The summed E-state index contributed by atoms with van der Waals surface area (Å²) in [4.78, 5) is 26.1. The predicted molar refractivity (Wildman–Crippen MR) is 76.8 cm³/mol. The summed E-state index contributed by atoms with van der Waals surface area (Å²) in [5, 5.41) is 3.48. The number of hydrogen-bond acceptors (Lipinski definition) is 4. The molecule has 1 aromatic heterocycles. The Bertz CT molecular complexity index is 615. The van der Waals surface area contributed by atoms with Gasteiger partial charge in [0.25, 0.3) is 5.56 Å². The van der Waals surface area contributed by atoms with Crippen LogP contribution in [0.4, 0.5) is 0 Å². The molecule has 110 valence electrons. The fourth-order valence-corrected chi connectivity index (χ4v) is 2.92. The molecule has 20 heavy (non-hydrogen) atoms. The Labute approximate surface area is 118 Å². The van der Waals surface area contributed by atoms with Gasteiger partial charge in [-0.3, -0.25) is 18.8 Å². The fourth-order valence-electron chi connectivity index (χ4n) is 2.92. The molecule has 1 aliphatic heterocycles. The molecule has 0 bridgehead atoms. The average Bonchev–Trinajstić information content (AvgIpc) is 3.18. The molecule has 0 spiro atoms. The van der Waals surface area contributed by atoms with Crippen molar-refractivity contribution >= 4 is 0 Å². The van der Waals surface area contributed by atoms with E-state index in [1.54, 1.807) is 17.7 Å². The number of nitrogens with zero attached hydrogens (tertiary/aromatic N) is 3. The first-order valence-corrected chi connectivity index (χ1v) is 7.29. The lowest BCUT2D eigenvalue weighted by molar-refractivity contribution is 0.317. The van der Waals surface area contributed by atoms with E-state index in [0.29, 0.717) is 12.6 Å². The van der Waals surface area contributed by atoms with Gasteiger partial charge < -0.3 is 5.32 Å². The molecule has 1 aromatic rings. The summed E-state index contributed by atoms with van der Waals surface area (Å²) in [6.07, 6.45) is 3.83. The number of hydrogen-bond donors (Lipinski definition) is 1. The van der Waals surface area contributed by atoms with E-state index in [-0.39, 0.29) is 11.2 Å². The molecule has 1 unspecified atom stereocenters.